The number of hydrazine groups is 1. The third-order valence-corrected chi connectivity index (χ3v) is 24.1. The van der Waals surface area contributed by atoms with E-state index >= 15 is 0 Å². The van der Waals surface area contributed by atoms with E-state index in [1.54, 1.807) is 0 Å². The van der Waals surface area contributed by atoms with Gasteiger partial charge in [0.1, 0.15) is 24.7 Å². The Morgan fingerprint density at radius 2 is 0.867 bits per heavy atom. The Bertz CT molecular complexity index is 500. The largest absolute Gasteiger partial charge is 2.00 e. The van der Waals surface area contributed by atoms with Crippen molar-refractivity contribution in [3.63, 3.8) is 0 Å². The standard InChI is InChI=1S/C15H45ClN4PSi5.3ClH.Ti/c1-22(2,3)18(23(4,5)6)17-21(16)19(24(7,8)9)20(25(10,11)12)26(13,14)15;;;;/h1-15H3;3*1H;/q+1;;;;+2/p-3. The molecule has 0 spiro atoms. The summed E-state index contributed by atoms with van der Waals surface area (Å²) >= 11 is 7.21. The molecule has 1 unspecified atom stereocenters. The van der Waals surface area contributed by atoms with Crippen LogP contribution in [0.2, 0.25) is 98.2 Å². The van der Waals surface area contributed by atoms with E-state index in [9.17, 15) is 0 Å². The molecule has 0 radical (unpaired) electrons. The van der Waals surface area contributed by atoms with Crippen LogP contribution in [0.3, 0.4) is 0 Å². The Morgan fingerprint density at radius 1 is 0.600 bits per heavy atom. The van der Waals surface area contributed by atoms with Gasteiger partial charge in [-0.2, -0.15) is 0 Å². The fourth-order valence-electron chi connectivity index (χ4n) is 3.58. The van der Waals surface area contributed by atoms with Gasteiger partial charge in [-0.25, -0.2) is 4.44 Å². The van der Waals surface area contributed by atoms with Gasteiger partial charge in [-0.1, -0.05) is 58.9 Å². The molecular weight excluding hydrogens is 597 g/mol. The second-order valence-corrected chi connectivity index (χ2v) is 39.1. The van der Waals surface area contributed by atoms with Gasteiger partial charge in [-0.15, -0.1) is 0 Å². The molecule has 0 heterocycles. The summed E-state index contributed by atoms with van der Waals surface area (Å²) in [6.45, 7) is 36.3. The van der Waals surface area contributed by atoms with Gasteiger partial charge < -0.3 is 37.2 Å². The van der Waals surface area contributed by atoms with Crippen LogP contribution < -0.4 is 37.2 Å². The molecule has 0 aliphatic rings. The molecule has 0 aromatic carbocycles. The van der Waals surface area contributed by atoms with E-state index < -0.39 is 48.8 Å². The molecule has 4 nitrogen and oxygen atoms in total. The van der Waals surface area contributed by atoms with Gasteiger partial charge in [0.15, 0.2) is 0 Å². The Balaban J connectivity index is -0.000000521. The Kier molecular flexibility index (Phi) is 20.7. The van der Waals surface area contributed by atoms with E-state index in [1.165, 1.54) is 0 Å². The molecule has 0 rings (SSSR count). The molecular formula is C15H45Cl4N4PSi5Ti. The fraction of sp³-hybridized carbons (Fsp3) is 1.00. The van der Waals surface area contributed by atoms with E-state index in [-0.39, 0.29) is 58.9 Å². The van der Waals surface area contributed by atoms with Crippen molar-refractivity contribution >= 4 is 60.0 Å². The molecule has 15 heteroatoms. The molecule has 182 valence electrons. The van der Waals surface area contributed by atoms with E-state index in [4.69, 9.17) is 16.1 Å². The van der Waals surface area contributed by atoms with Crippen molar-refractivity contribution in [1.82, 2.24) is 8.79 Å². The minimum absolute atomic E-state index is 0. The summed E-state index contributed by atoms with van der Waals surface area (Å²) < 4.78 is 7.88. The molecule has 0 aliphatic carbocycles. The molecule has 0 N–H and O–H groups in total. The summed E-state index contributed by atoms with van der Waals surface area (Å²) in [5.41, 5.74) is 0. The van der Waals surface area contributed by atoms with Crippen molar-refractivity contribution in [3.05, 3.63) is 0 Å². The summed E-state index contributed by atoms with van der Waals surface area (Å²) in [5.74, 6) is 0. The molecule has 0 aromatic heterocycles. The maximum Gasteiger partial charge on any atom is 2.00 e. The molecule has 0 amide bonds. The van der Waals surface area contributed by atoms with Crippen LogP contribution in [-0.2, 0) is 21.7 Å². The maximum absolute atomic E-state index is 7.21. The average Bonchev–Trinajstić information content (AvgIpc) is 2.24. The number of hydrogen-bond acceptors (Lipinski definition) is 3. The Hall–Kier alpha value is 2.91. The maximum atomic E-state index is 7.21. The van der Waals surface area contributed by atoms with Crippen molar-refractivity contribution in [2.24, 2.45) is 4.88 Å². The second-order valence-electron chi connectivity index (χ2n) is 12.1. The van der Waals surface area contributed by atoms with Crippen molar-refractivity contribution in [3.8, 4) is 0 Å². The summed E-state index contributed by atoms with van der Waals surface area (Å²) in [7, 11) is -9.03. The minimum atomic E-state index is -1.68. The third kappa shape index (κ3) is 13.7. The van der Waals surface area contributed by atoms with Gasteiger partial charge in [0, 0.05) is 0 Å². The van der Waals surface area contributed by atoms with Gasteiger partial charge in [-0.3, -0.25) is 8.37 Å². The molecule has 0 fully saturated rings. The first-order valence-electron chi connectivity index (χ1n) is 9.59. The van der Waals surface area contributed by atoms with E-state index in [0.29, 0.717) is 0 Å². The summed E-state index contributed by atoms with van der Waals surface area (Å²) in [5, 5.41) is 0. The first-order chi connectivity index (χ1) is 11.0. The zero-order chi connectivity index (χ0) is 21.5. The van der Waals surface area contributed by atoms with Crippen LogP contribution in [0.15, 0.2) is 4.88 Å². The first kappa shape index (κ1) is 43.0. The van der Waals surface area contributed by atoms with Crippen LogP contribution in [0, 0.1) is 0 Å². The first-order valence-corrected chi connectivity index (χ1v) is 29.0. The smallest absolute Gasteiger partial charge is 1.00 e. The molecule has 0 aromatic rings. The van der Waals surface area contributed by atoms with E-state index in [1.807, 2.05) is 0 Å². The molecule has 0 saturated heterocycles. The Morgan fingerprint density at radius 3 is 1.03 bits per heavy atom. The van der Waals surface area contributed by atoms with Crippen LogP contribution in [0.4, 0.5) is 0 Å². The van der Waals surface area contributed by atoms with Crippen LogP contribution in [0.1, 0.15) is 0 Å². The number of hydrogen-bond donors (Lipinski definition) is 0. The quantitative estimate of drug-likeness (QED) is 0.141. The van der Waals surface area contributed by atoms with Gasteiger partial charge in [0.25, 0.3) is 7.58 Å². The van der Waals surface area contributed by atoms with E-state index in [2.05, 4.69) is 111 Å². The van der Waals surface area contributed by atoms with Crippen molar-refractivity contribution in [2.45, 2.75) is 98.2 Å². The zero-order valence-electron chi connectivity index (χ0n) is 21.7. The number of nitrogens with zero attached hydrogens (tertiary/aromatic N) is 4. The summed E-state index contributed by atoms with van der Waals surface area (Å²) in [4.78, 5) is 5.28. The van der Waals surface area contributed by atoms with E-state index in [0.717, 1.165) is 0 Å². The molecule has 0 aliphatic heterocycles. The average molecular weight is 643 g/mol. The summed E-state index contributed by atoms with van der Waals surface area (Å²) in [6.07, 6.45) is 0. The van der Waals surface area contributed by atoms with Crippen LogP contribution in [0.25, 0.3) is 0 Å². The predicted molar refractivity (Wildman–Crippen MR) is 136 cm³/mol. The van der Waals surface area contributed by atoms with Crippen molar-refractivity contribution in [1.29, 1.82) is 0 Å². The fourth-order valence-corrected chi connectivity index (χ4v) is 35.4. The van der Waals surface area contributed by atoms with Crippen LogP contribution in [0.5, 0.6) is 0 Å². The molecule has 0 bridgehead atoms. The van der Waals surface area contributed by atoms with Gasteiger partial charge in [0.05, 0.1) is 0 Å². The van der Waals surface area contributed by atoms with Crippen LogP contribution >= 0.6 is 18.8 Å². The van der Waals surface area contributed by atoms with Crippen LogP contribution in [-0.4, -0.2) is 54.0 Å². The van der Waals surface area contributed by atoms with Crippen molar-refractivity contribution in [2.75, 3.05) is 0 Å². The summed E-state index contributed by atoms with van der Waals surface area (Å²) in [6, 6.07) is 0. The monoisotopic (exact) mass is 640 g/mol. The zero-order valence-corrected chi connectivity index (χ0v) is 32.2. The van der Waals surface area contributed by atoms with Gasteiger partial charge in [0.2, 0.25) is 0 Å². The number of halogens is 4. The molecule has 0 saturated carbocycles. The van der Waals surface area contributed by atoms with Gasteiger partial charge >= 0.3 is 38.2 Å². The minimum Gasteiger partial charge on any atom is -1.00 e. The van der Waals surface area contributed by atoms with Crippen molar-refractivity contribution < 1.29 is 63.0 Å². The molecule has 1 atom stereocenters. The third-order valence-electron chi connectivity index (χ3n) is 3.65. The SMILES string of the molecule is C[Si](C)(C)N(N([Si](C)(C)C)[Si](C)(C)C)P(Cl)N=[N+]([Si](C)(C)C)[Si](C)(C)C.[Cl-].[Cl-].[Cl-].[Ti+2]. The Labute approximate surface area is 232 Å². The normalized spacial score (nSPS) is 14.1. The second kappa shape index (κ2) is 14.5. The predicted octanol–water partition coefficient (Wildman–Crippen LogP) is -1.38. The molecule has 30 heavy (non-hydrogen) atoms. The number of rotatable bonds is 8. The topological polar surface area (TPSA) is 21.9 Å². The van der Waals surface area contributed by atoms with Gasteiger partial charge in [-0.05, 0) is 55.4 Å².